The van der Waals surface area contributed by atoms with Crippen molar-refractivity contribution >= 4 is 6.09 Å². The molecule has 1 saturated heterocycles. The van der Waals surface area contributed by atoms with Gasteiger partial charge in [-0.25, -0.2) is 4.79 Å². The van der Waals surface area contributed by atoms with E-state index in [4.69, 9.17) is 4.74 Å². The minimum Gasteiger partial charge on any atom is -0.444 e. The van der Waals surface area contributed by atoms with Crippen molar-refractivity contribution in [2.45, 2.75) is 70.9 Å². The van der Waals surface area contributed by atoms with Gasteiger partial charge >= 0.3 is 6.09 Å². The average Bonchev–Trinajstić information content (AvgIpc) is 2.85. The summed E-state index contributed by atoms with van der Waals surface area (Å²) in [6.45, 7) is 6.69. The summed E-state index contributed by atoms with van der Waals surface area (Å²) >= 11 is 0. The number of hydrogen-bond acceptors (Lipinski definition) is 2. The van der Waals surface area contributed by atoms with Crippen molar-refractivity contribution in [1.29, 1.82) is 0 Å². The molecule has 0 aromatic carbocycles. The van der Waals surface area contributed by atoms with Crippen molar-refractivity contribution < 1.29 is 9.53 Å². The molecule has 17 heavy (non-hydrogen) atoms. The van der Waals surface area contributed by atoms with Gasteiger partial charge in [0.05, 0.1) is 0 Å². The summed E-state index contributed by atoms with van der Waals surface area (Å²) in [7, 11) is 0. The van der Waals surface area contributed by atoms with Gasteiger partial charge in [-0.15, -0.1) is 0 Å². The van der Waals surface area contributed by atoms with E-state index in [1.807, 2.05) is 25.7 Å². The molecule has 3 heteroatoms. The van der Waals surface area contributed by atoms with E-state index in [-0.39, 0.29) is 11.7 Å². The maximum Gasteiger partial charge on any atom is 0.410 e. The van der Waals surface area contributed by atoms with E-state index in [9.17, 15) is 4.79 Å². The van der Waals surface area contributed by atoms with Gasteiger partial charge in [0.1, 0.15) is 5.60 Å². The Hall–Kier alpha value is -0.730. The molecule has 3 nitrogen and oxygen atoms in total. The summed E-state index contributed by atoms with van der Waals surface area (Å²) in [4.78, 5) is 14.1. The van der Waals surface area contributed by atoms with E-state index in [1.165, 1.54) is 32.1 Å². The van der Waals surface area contributed by atoms with Crippen LogP contribution in [-0.4, -0.2) is 29.2 Å². The Morgan fingerprint density at radius 2 is 1.76 bits per heavy atom. The van der Waals surface area contributed by atoms with Crippen molar-refractivity contribution in [2.24, 2.45) is 5.92 Å². The Morgan fingerprint density at radius 1 is 1.12 bits per heavy atom. The second-order valence-electron chi connectivity index (χ2n) is 6.43. The quantitative estimate of drug-likeness (QED) is 0.700. The van der Waals surface area contributed by atoms with E-state index in [0.717, 1.165) is 18.9 Å². The van der Waals surface area contributed by atoms with Gasteiger partial charge in [-0.1, -0.05) is 12.8 Å². The molecule has 0 radical (unpaired) electrons. The normalized spacial score (nSPS) is 26.5. The van der Waals surface area contributed by atoms with E-state index in [1.54, 1.807) is 0 Å². The zero-order valence-corrected chi connectivity index (χ0v) is 11.4. The van der Waals surface area contributed by atoms with Crippen molar-refractivity contribution in [1.82, 2.24) is 4.90 Å². The third-order valence-corrected chi connectivity index (χ3v) is 3.87. The highest BCUT2D eigenvalue weighted by Crippen LogP contribution is 2.35. The highest BCUT2D eigenvalue weighted by molar-refractivity contribution is 5.69. The first-order chi connectivity index (χ1) is 7.97. The Labute approximate surface area is 105 Å². The molecule has 1 amide bonds. The number of amides is 1. The summed E-state index contributed by atoms with van der Waals surface area (Å²) in [6.07, 6.45) is 7.47. The first-order valence-electron chi connectivity index (χ1n) is 6.97. The van der Waals surface area contributed by atoms with Gasteiger partial charge in [0, 0.05) is 12.6 Å². The summed E-state index contributed by atoms with van der Waals surface area (Å²) in [6, 6.07) is 0.451. The second kappa shape index (κ2) is 4.87. The average molecular weight is 239 g/mol. The minimum atomic E-state index is -0.375. The monoisotopic (exact) mass is 239 g/mol. The molecule has 2 rings (SSSR count). The lowest BCUT2D eigenvalue weighted by atomic mass is 9.96. The molecule has 0 aromatic rings. The fraction of sp³-hybridized carbons (Fsp3) is 0.929. The molecule has 1 heterocycles. The van der Waals surface area contributed by atoms with Gasteiger partial charge in [0.25, 0.3) is 0 Å². The Morgan fingerprint density at radius 3 is 2.35 bits per heavy atom. The Kier molecular flexibility index (Phi) is 3.64. The van der Waals surface area contributed by atoms with Crippen molar-refractivity contribution in [2.75, 3.05) is 6.54 Å². The molecule has 1 aliphatic carbocycles. The molecular weight excluding hydrogens is 214 g/mol. The fourth-order valence-corrected chi connectivity index (χ4v) is 3.17. The smallest absolute Gasteiger partial charge is 0.410 e. The van der Waals surface area contributed by atoms with Gasteiger partial charge in [-0.05, 0) is 52.4 Å². The molecule has 0 N–H and O–H groups in total. The van der Waals surface area contributed by atoms with Crippen LogP contribution in [0.25, 0.3) is 0 Å². The van der Waals surface area contributed by atoms with E-state index < -0.39 is 0 Å². The molecule has 1 aliphatic heterocycles. The first-order valence-corrected chi connectivity index (χ1v) is 6.97. The van der Waals surface area contributed by atoms with Crippen LogP contribution in [0.2, 0.25) is 0 Å². The number of carbonyl (C=O) groups excluding carboxylic acids is 1. The molecule has 1 atom stereocenters. The maximum atomic E-state index is 12.1. The minimum absolute atomic E-state index is 0.105. The van der Waals surface area contributed by atoms with E-state index in [2.05, 4.69) is 0 Å². The Bertz CT molecular complexity index is 276. The standard InChI is InChI=1S/C14H25NO2/c1-14(2,3)17-13(16)15-10-6-9-12(15)11-7-4-5-8-11/h11-12H,4-10H2,1-3H3. The summed E-state index contributed by atoms with van der Waals surface area (Å²) in [5, 5.41) is 0. The second-order valence-corrected chi connectivity index (χ2v) is 6.43. The molecule has 2 fully saturated rings. The number of carbonyl (C=O) groups is 1. The number of hydrogen-bond donors (Lipinski definition) is 0. The molecule has 0 bridgehead atoms. The lowest BCUT2D eigenvalue weighted by molar-refractivity contribution is 0.0179. The highest BCUT2D eigenvalue weighted by Gasteiger charge is 2.37. The zero-order chi connectivity index (χ0) is 12.5. The van der Waals surface area contributed by atoms with Crippen molar-refractivity contribution in [3.05, 3.63) is 0 Å². The van der Waals surface area contributed by atoms with Crippen LogP contribution in [-0.2, 0) is 4.74 Å². The van der Waals surface area contributed by atoms with Crippen molar-refractivity contribution in [3.63, 3.8) is 0 Å². The van der Waals surface area contributed by atoms with Crippen LogP contribution in [0.15, 0.2) is 0 Å². The van der Waals surface area contributed by atoms with Gasteiger partial charge in [-0.3, -0.25) is 0 Å². The predicted octanol–water partition coefficient (Wildman–Crippen LogP) is 3.58. The summed E-state index contributed by atoms with van der Waals surface area (Å²) in [5.74, 6) is 0.727. The van der Waals surface area contributed by atoms with Crippen LogP contribution in [0.5, 0.6) is 0 Å². The summed E-state index contributed by atoms with van der Waals surface area (Å²) in [5.41, 5.74) is -0.375. The highest BCUT2D eigenvalue weighted by atomic mass is 16.6. The number of nitrogens with zero attached hydrogens (tertiary/aromatic N) is 1. The van der Waals surface area contributed by atoms with Crippen LogP contribution >= 0.6 is 0 Å². The molecular formula is C14H25NO2. The van der Waals surface area contributed by atoms with Crippen LogP contribution in [0, 0.1) is 5.92 Å². The van der Waals surface area contributed by atoms with Crippen LogP contribution in [0.4, 0.5) is 4.79 Å². The predicted molar refractivity (Wildman–Crippen MR) is 67.9 cm³/mol. The largest absolute Gasteiger partial charge is 0.444 e. The third kappa shape index (κ3) is 3.14. The van der Waals surface area contributed by atoms with Crippen molar-refractivity contribution in [3.8, 4) is 0 Å². The van der Waals surface area contributed by atoms with Gasteiger partial charge in [-0.2, -0.15) is 0 Å². The summed E-state index contributed by atoms with van der Waals surface area (Å²) < 4.78 is 5.50. The van der Waals surface area contributed by atoms with Crippen LogP contribution in [0.1, 0.15) is 59.3 Å². The van der Waals surface area contributed by atoms with Gasteiger partial charge in [0.2, 0.25) is 0 Å². The molecule has 1 saturated carbocycles. The maximum absolute atomic E-state index is 12.1. The lowest BCUT2D eigenvalue weighted by Crippen LogP contribution is -2.42. The number of likely N-dealkylation sites (tertiary alicyclic amines) is 1. The van der Waals surface area contributed by atoms with Gasteiger partial charge in [0.15, 0.2) is 0 Å². The SMILES string of the molecule is CC(C)(C)OC(=O)N1CCCC1C1CCCC1. The number of ether oxygens (including phenoxy) is 1. The van der Waals surface area contributed by atoms with Gasteiger partial charge < -0.3 is 9.64 Å². The van der Waals surface area contributed by atoms with Crippen LogP contribution in [0.3, 0.4) is 0 Å². The molecule has 0 aromatic heterocycles. The molecule has 2 aliphatic rings. The lowest BCUT2D eigenvalue weighted by Gasteiger charge is -2.31. The molecule has 0 spiro atoms. The number of rotatable bonds is 1. The molecule has 1 unspecified atom stereocenters. The zero-order valence-electron chi connectivity index (χ0n) is 11.4. The topological polar surface area (TPSA) is 29.5 Å². The molecule has 98 valence electrons. The van der Waals surface area contributed by atoms with Crippen LogP contribution < -0.4 is 0 Å². The first kappa shape index (κ1) is 12.7. The van der Waals surface area contributed by atoms with E-state index >= 15 is 0 Å². The van der Waals surface area contributed by atoms with E-state index in [0.29, 0.717) is 6.04 Å². The Balaban J connectivity index is 1.96. The third-order valence-electron chi connectivity index (χ3n) is 3.87. The fourth-order valence-electron chi connectivity index (χ4n) is 3.17.